The minimum absolute atomic E-state index is 0. The molecule has 8 nitrogen and oxygen atoms in total. The number of nitrogens with one attached hydrogen (secondary N) is 3. The Morgan fingerprint density at radius 3 is 2.52 bits per heavy atom. The number of aryl methyl sites for hydroxylation is 1. The molecule has 33 heavy (non-hydrogen) atoms. The van der Waals surface area contributed by atoms with Gasteiger partial charge in [0.15, 0.2) is 5.96 Å². The fourth-order valence-corrected chi connectivity index (χ4v) is 2.67. The van der Waals surface area contributed by atoms with E-state index >= 15 is 0 Å². The van der Waals surface area contributed by atoms with E-state index < -0.39 is 11.9 Å². The second kappa shape index (κ2) is 12.4. The van der Waals surface area contributed by atoms with Crippen LogP contribution in [0.2, 0.25) is 0 Å². The third-order valence-corrected chi connectivity index (χ3v) is 4.24. The molecule has 0 saturated carbocycles. The van der Waals surface area contributed by atoms with Gasteiger partial charge in [-0.25, -0.2) is 19.9 Å². The first kappa shape index (κ1) is 26.4. The summed E-state index contributed by atoms with van der Waals surface area (Å²) in [6.45, 7) is 5.57. The lowest BCUT2D eigenvalue weighted by Gasteiger charge is -2.12. The van der Waals surface area contributed by atoms with Crippen LogP contribution in [0, 0.1) is 6.92 Å². The van der Waals surface area contributed by atoms with Gasteiger partial charge in [-0.05, 0) is 32.0 Å². The normalized spacial score (nSPS) is 11.6. The SMILES string of the molecule is CCNC(=NCc1coc(-c2ccc(C)cc2)n1)NCCNc1nccc(C(F)(F)F)n1.I. The minimum Gasteiger partial charge on any atom is -0.444 e. The smallest absolute Gasteiger partial charge is 0.433 e. The number of aliphatic imine (C=N–C) groups is 1. The van der Waals surface area contributed by atoms with Crippen LogP contribution in [-0.4, -0.2) is 40.5 Å². The van der Waals surface area contributed by atoms with Gasteiger partial charge < -0.3 is 20.4 Å². The Balaban J connectivity index is 0.00000385. The number of anilines is 1. The number of nitrogens with zero attached hydrogens (tertiary/aromatic N) is 4. The molecular formula is C21H25F3IN7O. The maximum Gasteiger partial charge on any atom is 0.433 e. The summed E-state index contributed by atoms with van der Waals surface area (Å²) in [6.07, 6.45) is -1.88. The zero-order valence-corrected chi connectivity index (χ0v) is 20.4. The van der Waals surface area contributed by atoms with Crippen LogP contribution in [-0.2, 0) is 12.7 Å². The lowest BCUT2D eigenvalue weighted by Crippen LogP contribution is -2.39. The quantitative estimate of drug-likeness (QED) is 0.160. The predicted molar refractivity (Wildman–Crippen MR) is 130 cm³/mol. The van der Waals surface area contributed by atoms with Crippen molar-refractivity contribution >= 4 is 35.9 Å². The average molecular weight is 575 g/mol. The molecule has 0 spiro atoms. The van der Waals surface area contributed by atoms with Gasteiger partial charge in [0.25, 0.3) is 0 Å². The molecule has 0 aliphatic carbocycles. The number of aromatic nitrogens is 3. The van der Waals surface area contributed by atoms with Gasteiger partial charge in [0, 0.05) is 31.4 Å². The maximum absolute atomic E-state index is 12.7. The molecule has 0 amide bonds. The van der Waals surface area contributed by atoms with Crippen LogP contribution < -0.4 is 16.0 Å². The number of alkyl halides is 3. The largest absolute Gasteiger partial charge is 0.444 e. The number of halogens is 4. The monoisotopic (exact) mass is 575 g/mol. The summed E-state index contributed by atoms with van der Waals surface area (Å²) in [5.41, 5.74) is 1.73. The third-order valence-electron chi connectivity index (χ3n) is 4.24. The highest BCUT2D eigenvalue weighted by atomic mass is 127. The Morgan fingerprint density at radius 2 is 1.82 bits per heavy atom. The molecule has 3 aromatic rings. The number of rotatable bonds is 8. The van der Waals surface area contributed by atoms with E-state index in [1.165, 1.54) is 0 Å². The van der Waals surface area contributed by atoms with Crippen molar-refractivity contribution in [1.29, 1.82) is 0 Å². The molecule has 178 valence electrons. The van der Waals surface area contributed by atoms with Crippen LogP contribution in [0.1, 0.15) is 23.9 Å². The van der Waals surface area contributed by atoms with Crippen LogP contribution >= 0.6 is 24.0 Å². The van der Waals surface area contributed by atoms with Gasteiger partial charge in [-0.3, -0.25) is 0 Å². The number of benzene rings is 1. The number of hydrogen-bond donors (Lipinski definition) is 3. The summed E-state index contributed by atoms with van der Waals surface area (Å²) >= 11 is 0. The Labute approximate surface area is 206 Å². The first-order valence-electron chi connectivity index (χ1n) is 10.0. The van der Waals surface area contributed by atoms with Crippen molar-refractivity contribution in [2.24, 2.45) is 4.99 Å². The summed E-state index contributed by atoms with van der Waals surface area (Å²) in [5, 5.41) is 8.95. The van der Waals surface area contributed by atoms with Gasteiger partial charge in [0.2, 0.25) is 11.8 Å². The van der Waals surface area contributed by atoms with Gasteiger partial charge in [0.1, 0.15) is 17.7 Å². The van der Waals surface area contributed by atoms with E-state index in [1.54, 1.807) is 6.26 Å². The molecule has 3 rings (SSSR count). The van der Waals surface area contributed by atoms with Crippen molar-refractivity contribution in [3.8, 4) is 11.5 Å². The zero-order chi connectivity index (χ0) is 23.0. The van der Waals surface area contributed by atoms with Crippen molar-refractivity contribution in [1.82, 2.24) is 25.6 Å². The molecule has 0 saturated heterocycles. The molecule has 3 N–H and O–H groups in total. The van der Waals surface area contributed by atoms with Crippen molar-refractivity contribution in [2.45, 2.75) is 26.6 Å². The van der Waals surface area contributed by atoms with Crippen molar-refractivity contribution in [3.63, 3.8) is 0 Å². The highest BCUT2D eigenvalue weighted by Crippen LogP contribution is 2.27. The van der Waals surface area contributed by atoms with E-state index in [-0.39, 0.29) is 29.9 Å². The fourth-order valence-electron chi connectivity index (χ4n) is 2.67. The molecular weight excluding hydrogens is 550 g/mol. The third kappa shape index (κ3) is 8.18. The summed E-state index contributed by atoms with van der Waals surface area (Å²) in [5.74, 6) is 0.979. The number of hydrogen-bond acceptors (Lipinski definition) is 6. The molecule has 2 aromatic heterocycles. The molecule has 2 heterocycles. The van der Waals surface area contributed by atoms with Gasteiger partial charge in [-0.15, -0.1) is 24.0 Å². The molecule has 0 aliphatic heterocycles. The Hall–Kier alpha value is -2.90. The predicted octanol–water partition coefficient (Wildman–Crippen LogP) is 4.24. The van der Waals surface area contributed by atoms with E-state index in [4.69, 9.17) is 4.42 Å². The lowest BCUT2D eigenvalue weighted by atomic mass is 10.1. The Morgan fingerprint density at radius 1 is 1.06 bits per heavy atom. The second-order valence-electron chi connectivity index (χ2n) is 6.82. The topological polar surface area (TPSA) is 100 Å². The lowest BCUT2D eigenvalue weighted by molar-refractivity contribution is -0.141. The highest BCUT2D eigenvalue weighted by Gasteiger charge is 2.32. The van der Waals surface area contributed by atoms with Crippen LogP contribution in [0.4, 0.5) is 19.1 Å². The second-order valence-corrected chi connectivity index (χ2v) is 6.82. The molecule has 0 fully saturated rings. The number of guanidine groups is 1. The summed E-state index contributed by atoms with van der Waals surface area (Å²) in [4.78, 5) is 16.2. The van der Waals surface area contributed by atoms with Gasteiger partial charge in [-0.1, -0.05) is 17.7 Å². The van der Waals surface area contributed by atoms with Gasteiger partial charge >= 0.3 is 6.18 Å². The summed E-state index contributed by atoms with van der Waals surface area (Å²) < 4.78 is 43.7. The van der Waals surface area contributed by atoms with E-state index in [0.29, 0.717) is 43.7 Å². The van der Waals surface area contributed by atoms with E-state index in [0.717, 1.165) is 23.4 Å². The first-order chi connectivity index (χ1) is 15.3. The summed E-state index contributed by atoms with van der Waals surface area (Å²) in [7, 11) is 0. The van der Waals surface area contributed by atoms with E-state index in [9.17, 15) is 13.2 Å². The minimum atomic E-state index is -4.51. The Bertz CT molecular complexity index is 1040. The molecule has 12 heteroatoms. The molecule has 0 atom stereocenters. The number of oxazole rings is 1. The first-order valence-corrected chi connectivity index (χ1v) is 10.0. The van der Waals surface area contributed by atoms with Gasteiger partial charge in [0.05, 0.1) is 6.54 Å². The van der Waals surface area contributed by atoms with Crippen molar-refractivity contribution in [3.05, 3.63) is 59.7 Å². The van der Waals surface area contributed by atoms with Crippen LogP contribution in [0.25, 0.3) is 11.5 Å². The van der Waals surface area contributed by atoms with Crippen molar-refractivity contribution < 1.29 is 17.6 Å². The molecule has 0 unspecified atom stereocenters. The molecule has 0 aliphatic rings. The standard InChI is InChI=1S/C21H24F3N7O.HI/c1-3-25-19(27-10-11-28-20-26-9-8-17(31-20)21(22,23)24)29-12-16-13-32-18(30-16)15-6-4-14(2)5-7-15;/h4-9,13H,3,10-12H2,1-2H3,(H2,25,27,29)(H,26,28,31);1H. The molecule has 1 aromatic carbocycles. The molecule has 0 radical (unpaired) electrons. The van der Waals surface area contributed by atoms with Crippen LogP contribution in [0.5, 0.6) is 0 Å². The van der Waals surface area contributed by atoms with E-state index in [1.807, 2.05) is 38.1 Å². The van der Waals surface area contributed by atoms with Gasteiger partial charge in [-0.2, -0.15) is 13.2 Å². The highest BCUT2D eigenvalue weighted by molar-refractivity contribution is 14.0. The molecule has 0 bridgehead atoms. The maximum atomic E-state index is 12.7. The van der Waals surface area contributed by atoms with E-state index in [2.05, 4.69) is 35.9 Å². The van der Waals surface area contributed by atoms with Crippen LogP contribution in [0.3, 0.4) is 0 Å². The fraction of sp³-hybridized carbons (Fsp3) is 0.333. The van der Waals surface area contributed by atoms with Crippen molar-refractivity contribution in [2.75, 3.05) is 25.0 Å². The zero-order valence-electron chi connectivity index (χ0n) is 18.1. The summed E-state index contributed by atoms with van der Waals surface area (Å²) in [6, 6.07) is 8.70. The average Bonchev–Trinajstić information content (AvgIpc) is 3.24. The van der Waals surface area contributed by atoms with Crippen LogP contribution in [0.15, 0.2) is 52.2 Å². The Kier molecular flexibility index (Phi) is 9.88.